The molecule has 16 nitrogen and oxygen atoms in total. The van der Waals surface area contributed by atoms with Crippen molar-refractivity contribution in [1.29, 1.82) is 0 Å². The normalized spacial score (nSPS) is 24.4. The molecule has 6 N–H and O–H groups in total. The van der Waals surface area contributed by atoms with E-state index in [9.17, 15) is 19.5 Å². The number of nitrogens with one attached hydrogen (secondary N) is 3. The van der Waals surface area contributed by atoms with Gasteiger partial charge in [-0.25, -0.2) is 15.0 Å². The molecule has 5 aliphatic heterocycles. The Kier molecular flexibility index (Phi) is 12.3. The summed E-state index contributed by atoms with van der Waals surface area (Å²) in [5.41, 5.74) is 9.36. The molecule has 8 rings (SSSR count). The first-order valence-electron chi connectivity index (χ1n) is 21.1. The van der Waals surface area contributed by atoms with E-state index in [0.29, 0.717) is 35.8 Å². The van der Waals surface area contributed by atoms with E-state index in [2.05, 4.69) is 81.7 Å². The van der Waals surface area contributed by atoms with Crippen molar-refractivity contribution < 1.29 is 19.5 Å². The maximum atomic E-state index is 12.7. The first-order chi connectivity index (χ1) is 28.1. The summed E-state index contributed by atoms with van der Waals surface area (Å²) in [4.78, 5) is 62.5. The lowest BCUT2D eigenvalue weighted by Crippen LogP contribution is -2.55. The number of aliphatic hydroxyl groups is 1. The van der Waals surface area contributed by atoms with Gasteiger partial charge in [0.15, 0.2) is 11.5 Å². The lowest BCUT2D eigenvalue weighted by molar-refractivity contribution is -0.127. The first kappa shape index (κ1) is 39.9. The molecule has 5 fully saturated rings. The molecule has 0 spiro atoms. The summed E-state index contributed by atoms with van der Waals surface area (Å²) in [5.74, 6) is 1.13. The van der Waals surface area contributed by atoms with Gasteiger partial charge in [0.25, 0.3) is 11.8 Å². The Morgan fingerprint density at radius 1 is 0.897 bits per heavy atom. The van der Waals surface area contributed by atoms with Crippen molar-refractivity contribution in [3.63, 3.8) is 0 Å². The lowest BCUT2D eigenvalue weighted by atomic mass is 9.88. The second kappa shape index (κ2) is 17.9. The van der Waals surface area contributed by atoms with Crippen LogP contribution in [0.4, 0.5) is 23.0 Å². The Labute approximate surface area is 340 Å². The average Bonchev–Trinajstić information content (AvgIpc) is 3.69. The highest BCUT2D eigenvalue weighted by Gasteiger charge is 2.32. The van der Waals surface area contributed by atoms with Crippen molar-refractivity contribution in [2.45, 2.75) is 75.6 Å². The molecule has 3 atom stereocenters. The van der Waals surface area contributed by atoms with E-state index in [4.69, 9.17) is 10.7 Å². The number of aliphatic hydroxyl groups excluding tert-OH is 1. The van der Waals surface area contributed by atoms with E-state index in [-0.39, 0.29) is 23.9 Å². The van der Waals surface area contributed by atoms with E-state index in [0.717, 1.165) is 115 Å². The zero-order valence-corrected chi connectivity index (χ0v) is 33.6. The van der Waals surface area contributed by atoms with Gasteiger partial charge in [0.1, 0.15) is 17.7 Å². The van der Waals surface area contributed by atoms with Crippen LogP contribution in [-0.4, -0.2) is 143 Å². The zero-order valence-electron chi connectivity index (χ0n) is 33.6. The number of carbonyl (C=O) groups excluding carboxylic acids is 3. The number of nitrogens with two attached hydrogens (primary N) is 1. The monoisotopic (exact) mass is 794 g/mol. The molecular formula is C42H58N12O4. The van der Waals surface area contributed by atoms with Crippen LogP contribution < -0.4 is 31.5 Å². The van der Waals surface area contributed by atoms with Crippen LogP contribution in [0.15, 0.2) is 48.8 Å². The molecule has 0 saturated carbocycles. The van der Waals surface area contributed by atoms with Crippen molar-refractivity contribution in [1.82, 2.24) is 40.3 Å². The SMILES string of the molecule is CN1CCN([C@@H]2CCCN(c3cnc(C(N)=O)c(Nc4ccc(C5CCN(CC6CCN(c7ccc(C(=O)N[C@H]8CCC(=O)NC8O)nc7)CC6)CC5)cc4)n3)C2)C1. The second-order valence-electron chi connectivity index (χ2n) is 16.9. The predicted octanol–water partition coefficient (Wildman–Crippen LogP) is 2.31. The number of anilines is 4. The molecule has 2 aromatic heterocycles. The standard InChI is InChI=1S/C42H58N12O4/c1-50-21-22-54(27-50)33-3-2-16-53(26-33)36-24-45-38(39(43)56)40(48-36)46-31-6-4-29(5-7-31)30-14-17-51(18-15-30)25-28-12-19-52(20-13-28)32-8-9-34(44-23-32)41(57)47-35-10-11-37(55)49-42(35)58/h4-9,23-24,28,30,33,35,42,58H,2-3,10-22,25-27H2,1H3,(H2,43,56)(H,46,48)(H,47,57)(H,49,55)/t33-,35+,42?/m1/s1. The molecular weight excluding hydrogens is 737 g/mol. The Morgan fingerprint density at radius 2 is 1.69 bits per heavy atom. The molecule has 5 saturated heterocycles. The maximum absolute atomic E-state index is 12.7. The van der Waals surface area contributed by atoms with Crippen molar-refractivity contribution in [3.05, 3.63) is 65.7 Å². The number of rotatable bonds is 11. The van der Waals surface area contributed by atoms with Crippen LogP contribution in [0.2, 0.25) is 0 Å². The van der Waals surface area contributed by atoms with Gasteiger partial charge in [0.05, 0.1) is 30.8 Å². The minimum Gasteiger partial charge on any atom is -0.372 e. The van der Waals surface area contributed by atoms with Gasteiger partial charge >= 0.3 is 0 Å². The minimum atomic E-state index is -1.09. The Morgan fingerprint density at radius 3 is 2.38 bits per heavy atom. The predicted molar refractivity (Wildman–Crippen MR) is 222 cm³/mol. The molecule has 3 amide bonds. The third kappa shape index (κ3) is 9.52. The number of hydrogen-bond donors (Lipinski definition) is 5. The summed E-state index contributed by atoms with van der Waals surface area (Å²) in [5, 5.41) is 18.7. The highest BCUT2D eigenvalue weighted by atomic mass is 16.3. The van der Waals surface area contributed by atoms with Crippen molar-refractivity contribution in [2.24, 2.45) is 11.7 Å². The smallest absolute Gasteiger partial charge is 0.271 e. The summed E-state index contributed by atoms with van der Waals surface area (Å²) in [7, 11) is 2.17. The average molecular weight is 795 g/mol. The number of aromatic nitrogens is 3. The van der Waals surface area contributed by atoms with Crippen LogP contribution in [0.25, 0.3) is 0 Å². The number of primary amides is 1. The van der Waals surface area contributed by atoms with Crippen molar-refractivity contribution in [2.75, 3.05) is 87.7 Å². The molecule has 3 aromatic rings. The van der Waals surface area contributed by atoms with E-state index in [1.165, 1.54) is 12.0 Å². The topological polar surface area (TPSA) is 188 Å². The molecule has 16 heteroatoms. The number of likely N-dealkylation sites (tertiary alicyclic amines) is 1. The largest absolute Gasteiger partial charge is 0.372 e. The summed E-state index contributed by atoms with van der Waals surface area (Å²) >= 11 is 0. The molecule has 0 radical (unpaired) electrons. The summed E-state index contributed by atoms with van der Waals surface area (Å²) in [6, 6.07) is 12.1. The number of likely N-dealkylation sites (N-methyl/N-ethyl adjacent to an activating group) is 1. The van der Waals surface area contributed by atoms with Gasteiger partial charge in [-0.3, -0.25) is 24.2 Å². The molecule has 7 heterocycles. The van der Waals surface area contributed by atoms with Gasteiger partial charge in [0, 0.05) is 64.0 Å². The molecule has 0 bridgehead atoms. The highest BCUT2D eigenvalue weighted by molar-refractivity contribution is 5.96. The number of hydrogen-bond acceptors (Lipinski definition) is 13. The second-order valence-corrected chi connectivity index (χ2v) is 16.9. The van der Waals surface area contributed by atoms with E-state index < -0.39 is 18.2 Å². The molecule has 1 unspecified atom stereocenters. The van der Waals surface area contributed by atoms with Gasteiger partial charge in [-0.2, -0.15) is 0 Å². The molecule has 0 aliphatic carbocycles. The van der Waals surface area contributed by atoms with Crippen LogP contribution >= 0.6 is 0 Å². The van der Waals surface area contributed by atoms with E-state index >= 15 is 0 Å². The number of piperidine rings is 4. The lowest BCUT2D eigenvalue weighted by Gasteiger charge is -2.38. The minimum absolute atomic E-state index is 0.143. The summed E-state index contributed by atoms with van der Waals surface area (Å²) in [6.07, 6.45) is 9.74. The maximum Gasteiger partial charge on any atom is 0.271 e. The number of nitrogens with zero attached hydrogens (tertiary/aromatic N) is 8. The van der Waals surface area contributed by atoms with Crippen molar-refractivity contribution in [3.8, 4) is 0 Å². The fourth-order valence-corrected chi connectivity index (χ4v) is 9.36. The number of amides is 3. The first-order valence-corrected chi connectivity index (χ1v) is 21.1. The van der Waals surface area contributed by atoms with E-state index in [1.807, 2.05) is 6.07 Å². The Hall–Kier alpha value is -4.90. The van der Waals surface area contributed by atoms with Crippen LogP contribution in [-0.2, 0) is 4.79 Å². The van der Waals surface area contributed by atoms with Gasteiger partial charge in [0.2, 0.25) is 5.91 Å². The van der Waals surface area contributed by atoms with Crippen LogP contribution in [0.1, 0.15) is 83.8 Å². The van der Waals surface area contributed by atoms with Gasteiger partial charge < -0.3 is 41.5 Å². The van der Waals surface area contributed by atoms with Gasteiger partial charge in [-0.05, 0) is 107 Å². The Balaban J connectivity index is 0.784. The quantitative estimate of drug-likeness (QED) is 0.191. The number of pyridine rings is 1. The third-order valence-corrected chi connectivity index (χ3v) is 12.8. The van der Waals surface area contributed by atoms with Gasteiger partial charge in [-0.15, -0.1) is 0 Å². The van der Waals surface area contributed by atoms with Crippen LogP contribution in [0, 0.1) is 5.92 Å². The summed E-state index contributed by atoms with van der Waals surface area (Å²) < 4.78 is 0. The van der Waals surface area contributed by atoms with Crippen LogP contribution in [0.3, 0.4) is 0 Å². The summed E-state index contributed by atoms with van der Waals surface area (Å²) in [6.45, 7) is 10.2. The van der Waals surface area contributed by atoms with Crippen molar-refractivity contribution >= 4 is 40.7 Å². The van der Waals surface area contributed by atoms with E-state index in [1.54, 1.807) is 18.5 Å². The molecule has 1 aromatic carbocycles. The fraction of sp³-hybridized carbons (Fsp3) is 0.571. The Bertz CT molecular complexity index is 1900. The van der Waals surface area contributed by atoms with Gasteiger partial charge in [-0.1, -0.05) is 12.1 Å². The molecule has 310 valence electrons. The number of carbonyl (C=O) groups is 3. The molecule has 58 heavy (non-hydrogen) atoms. The molecule has 5 aliphatic rings. The number of benzene rings is 1. The van der Waals surface area contributed by atoms with Crippen LogP contribution in [0.5, 0.6) is 0 Å². The fourth-order valence-electron chi connectivity index (χ4n) is 9.36. The highest BCUT2D eigenvalue weighted by Crippen LogP contribution is 2.32. The zero-order chi connectivity index (χ0) is 40.2. The third-order valence-electron chi connectivity index (χ3n) is 12.8.